The van der Waals surface area contributed by atoms with Crippen molar-refractivity contribution in [3.63, 3.8) is 0 Å². The van der Waals surface area contributed by atoms with Gasteiger partial charge in [0.25, 0.3) is 5.91 Å². The van der Waals surface area contributed by atoms with E-state index < -0.39 is 17.8 Å². The zero-order valence-corrected chi connectivity index (χ0v) is 22.6. The van der Waals surface area contributed by atoms with Gasteiger partial charge in [-0.2, -0.15) is 18.3 Å². The predicted molar refractivity (Wildman–Crippen MR) is 140 cm³/mol. The lowest BCUT2D eigenvalue weighted by atomic mass is 10.1. The normalized spacial score (nSPS) is 14.3. The third-order valence-electron chi connectivity index (χ3n) is 6.16. The minimum atomic E-state index is -4.71. The molecule has 2 aromatic heterocycles. The molecular weight excluding hydrogens is 619 g/mol. The third kappa shape index (κ3) is 4.91. The van der Waals surface area contributed by atoms with E-state index in [1.54, 1.807) is 36.3 Å². The second kappa shape index (κ2) is 9.97. The number of fused-ring (bicyclic) bond motifs is 1. The average molecular weight is 639 g/mol. The number of carbonyl (C=O) groups is 1. The fourth-order valence-electron chi connectivity index (χ4n) is 4.29. The highest BCUT2D eigenvalue weighted by molar-refractivity contribution is 9.11. The number of hydrogen-bond donors (Lipinski definition) is 0. The summed E-state index contributed by atoms with van der Waals surface area (Å²) in [6, 6.07) is 15.3. The van der Waals surface area contributed by atoms with E-state index in [1.165, 1.54) is 0 Å². The van der Waals surface area contributed by atoms with Crippen molar-refractivity contribution < 1.29 is 22.7 Å². The van der Waals surface area contributed by atoms with Crippen molar-refractivity contribution in [3.8, 4) is 17.0 Å². The first-order valence-electron chi connectivity index (χ1n) is 11.3. The van der Waals surface area contributed by atoms with E-state index in [4.69, 9.17) is 4.74 Å². The van der Waals surface area contributed by atoms with Crippen LogP contribution in [0.5, 0.6) is 5.75 Å². The van der Waals surface area contributed by atoms with Crippen LogP contribution in [-0.2, 0) is 6.18 Å². The van der Waals surface area contributed by atoms with Crippen LogP contribution >= 0.6 is 31.9 Å². The average Bonchev–Trinajstić information content (AvgIpc) is 3.23. The van der Waals surface area contributed by atoms with Crippen molar-refractivity contribution in [2.75, 3.05) is 38.2 Å². The number of nitrogens with zero attached hydrogens (tertiary/aromatic N) is 5. The number of hydrogen-bond acceptors (Lipinski definition) is 5. The van der Waals surface area contributed by atoms with Crippen LogP contribution in [0.25, 0.3) is 16.9 Å². The zero-order valence-electron chi connectivity index (χ0n) is 19.5. The topological polar surface area (TPSA) is 63.0 Å². The number of para-hydroxylation sites is 2. The molecule has 0 saturated carbocycles. The Morgan fingerprint density at radius 2 is 1.68 bits per heavy atom. The van der Waals surface area contributed by atoms with Gasteiger partial charge in [0.1, 0.15) is 5.75 Å². The number of amides is 1. The number of carbonyl (C=O) groups excluding carboxylic acids is 1. The zero-order chi connectivity index (χ0) is 26.3. The molecule has 1 amide bonds. The highest BCUT2D eigenvalue weighted by Crippen LogP contribution is 2.35. The van der Waals surface area contributed by atoms with Crippen molar-refractivity contribution in [1.29, 1.82) is 0 Å². The van der Waals surface area contributed by atoms with E-state index in [9.17, 15) is 18.0 Å². The Bertz CT molecular complexity index is 1470. The van der Waals surface area contributed by atoms with E-state index in [0.29, 0.717) is 36.3 Å². The Morgan fingerprint density at radius 1 is 1.00 bits per heavy atom. The van der Waals surface area contributed by atoms with Gasteiger partial charge in [-0.25, -0.2) is 9.50 Å². The first-order chi connectivity index (χ1) is 17.7. The smallest absolute Gasteiger partial charge is 0.433 e. The lowest BCUT2D eigenvalue weighted by molar-refractivity contribution is -0.142. The molecule has 0 atom stereocenters. The summed E-state index contributed by atoms with van der Waals surface area (Å²) in [5, 5.41) is 4.06. The van der Waals surface area contributed by atoms with Crippen molar-refractivity contribution in [3.05, 3.63) is 74.9 Å². The number of rotatable bonds is 4. The minimum Gasteiger partial charge on any atom is -0.495 e. The van der Waals surface area contributed by atoms with E-state index in [1.807, 2.05) is 24.3 Å². The van der Waals surface area contributed by atoms with Crippen LogP contribution in [-0.4, -0.2) is 58.7 Å². The van der Waals surface area contributed by atoms with Crippen LogP contribution in [0.15, 0.2) is 63.5 Å². The number of alkyl halides is 3. The molecule has 0 radical (unpaired) electrons. The number of ether oxygens (including phenoxy) is 1. The molecule has 37 heavy (non-hydrogen) atoms. The maximum absolute atomic E-state index is 14.0. The van der Waals surface area contributed by atoms with Gasteiger partial charge < -0.3 is 14.5 Å². The number of piperazine rings is 1. The first kappa shape index (κ1) is 25.5. The largest absolute Gasteiger partial charge is 0.495 e. The quantitative estimate of drug-likeness (QED) is 0.278. The van der Waals surface area contributed by atoms with Crippen LogP contribution in [0.1, 0.15) is 16.2 Å². The first-order valence-corrected chi connectivity index (χ1v) is 12.9. The molecule has 192 valence electrons. The Kier molecular flexibility index (Phi) is 6.88. The number of methoxy groups -OCH3 is 1. The number of halogens is 5. The van der Waals surface area contributed by atoms with Crippen LogP contribution in [0.4, 0.5) is 18.9 Å². The third-order valence-corrected chi connectivity index (χ3v) is 7.42. The SMILES string of the molecule is COc1ccccc1N1CCN(C(=O)c2nn3c(C(F)(F)F)cc(-c4ccc(Br)cc4)nc3c2Br)CC1. The van der Waals surface area contributed by atoms with Gasteiger partial charge in [0, 0.05) is 36.2 Å². The van der Waals surface area contributed by atoms with E-state index in [0.717, 1.165) is 22.0 Å². The van der Waals surface area contributed by atoms with E-state index in [2.05, 4.69) is 46.8 Å². The number of anilines is 1. The van der Waals surface area contributed by atoms with Crippen molar-refractivity contribution >= 4 is 49.1 Å². The van der Waals surface area contributed by atoms with Gasteiger partial charge in [-0.15, -0.1) is 0 Å². The summed E-state index contributed by atoms with van der Waals surface area (Å²) < 4.78 is 49.1. The lowest BCUT2D eigenvalue weighted by Crippen LogP contribution is -2.49. The van der Waals surface area contributed by atoms with E-state index >= 15 is 0 Å². The molecule has 1 aliphatic rings. The maximum Gasteiger partial charge on any atom is 0.433 e. The molecule has 3 heterocycles. The number of aromatic nitrogens is 3. The van der Waals surface area contributed by atoms with Gasteiger partial charge in [0.15, 0.2) is 17.0 Å². The highest BCUT2D eigenvalue weighted by atomic mass is 79.9. The summed E-state index contributed by atoms with van der Waals surface area (Å²) in [5.74, 6) is 0.271. The molecule has 1 fully saturated rings. The Morgan fingerprint density at radius 3 is 2.32 bits per heavy atom. The van der Waals surface area contributed by atoms with E-state index in [-0.39, 0.29) is 21.5 Å². The molecule has 7 nitrogen and oxygen atoms in total. The second-order valence-corrected chi connectivity index (χ2v) is 10.1. The van der Waals surface area contributed by atoms with Gasteiger partial charge >= 0.3 is 6.18 Å². The van der Waals surface area contributed by atoms with Crippen LogP contribution < -0.4 is 9.64 Å². The minimum absolute atomic E-state index is 0.0799. The van der Waals surface area contributed by atoms with Crippen molar-refractivity contribution in [2.45, 2.75) is 6.18 Å². The molecule has 2 aromatic carbocycles. The molecule has 1 aliphatic heterocycles. The van der Waals surface area contributed by atoms with Gasteiger partial charge in [-0.1, -0.05) is 40.2 Å². The summed E-state index contributed by atoms with van der Waals surface area (Å²) in [7, 11) is 1.60. The molecule has 4 aromatic rings. The molecule has 5 rings (SSSR count). The maximum atomic E-state index is 14.0. The highest BCUT2D eigenvalue weighted by Gasteiger charge is 2.37. The molecule has 1 saturated heterocycles. The monoisotopic (exact) mass is 637 g/mol. The molecule has 0 bridgehead atoms. The molecule has 0 N–H and O–H groups in total. The van der Waals surface area contributed by atoms with Gasteiger partial charge in [-0.05, 0) is 46.3 Å². The Labute approximate surface area is 227 Å². The Hall–Kier alpha value is -3.12. The fraction of sp³-hybridized carbons (Fsp3) is 0.240. The number of benzene rings is 2. The molecule has 0 spiro atoms. The summed E-state index contributed by atoms with van der Waals surface area (Å²) in [5.41, 5.74) is 0.337. The molecule has 0 unspecified atom stereocenters. The van der Waals surface area contributed by atoms with Crippen molar-refractivity contribution in [1.82, 2.24) is 19.5 Å². The molecule has 12 heteroatoms. The predicted octanol–water partition coefficient (Wildman–Crippen LogP) is 5.91. The van der Waals surface area contributed by atoms with Gasteiger partial charge in [0.05, 0.1) is 23.0 Å². The van der Waals surface area contributed by atoms with Crippen LogP contribution in [0.2, 0.25) is 0 Å². The standard InChI is InChI=1S/C25H20Br2F3N5O2/c1-37-19-5-3-2-4-18(19)33-10-12-34(13-11-33)24(36)22-21(27)23-31-17(15-6-8-16(26)9-7-15)14-20(25(28,29)30)35(23)32-22/h2-9,14H,10-13H2,1H3. The van der Waals surface area contributed by atoms with Crippen LogP contribution in [0, 0.1) is 0 Å². The lowest BCUT2D eigenvalue weighted by Gasteiger charge is -2.36. The van der Waals surface area contributed by atoms with Gasteiger partial charge in [0.2, 0.25) is 0 Å². The summed E-state index contributed by atoms with van der Waals surface area (Å²) in [6.45, 7) is 1.83. The summed E-state index contributed by atoms with van der Waals surface area (Å²) in [6.07, 6.45) is -4.71. The summed E-state index contributed by atoms with van der Waals surface area (Å²) in [4.78, 5) is 21.5. The van der Waals surface area contributed by atoms with Crippen molar-refractivity contribution in [2.24, 2.45) is 0 Å². The van der Waals surface area contributed by atoms with Gasteiger partial charge in [-0.3, -0.25) is 4.79 Å². The van der Waals surface area contributed by atoms with Crippen LogP contribution in [0.3, 0.4) is 0 Å². The molecule has 0 aliphatic carbocycles. The fourth-order valence-corrected chi connectivity index (χ4v) is 5.06. The molecular formula is C25H20Br2F3N5O2. The Balaban J connectivity index is 1.46. The summed E-state index contributed by atoms with van der Waals surface area (Å²) >= 11 is 6.63. The second-order valence-electron chi connectivity index (χ2n) is 8.38.